The number of fused-ring (bicyclic) bond motifs is 2. The lowest BCUT2D eigenvalue weighted by Gasteiger charge is -2.27. The van der Waals surface area contributed by atoms with Crippen LogP contribution in [0.25, 0.3) is 0 Å². The second kappa shape index (κ2) is 5.53. The SMILES string of the molecule is c1ccc2c(c1)CC(CN[C@@H]1CCOc3ccccc31)C2. The number of nitrogens with one attached hydrogen (secondary N) is 1. The van der Waals surface area contributed by atoms with Crippen molar-refractivity contribution in [2.24, 2.45) is 5.92 Å². The summed E-state index contributed by atoms with van der Waals surface area (Å²) in [7, 11) is 0. The molecule has 0 bridgehead atoms. The third-order valence-electron chi connectivity index (χ3n) is 4.75. The van der Waals surface area contributed by atoms with Gasteiger partial charge in [-0.05, 0) is 42.5 Å². The first kappa shape index (κ1) is 12.9. The third kappa shape index (κ3) is 2.56. The average molecular weight is 279 g/mol. The Hall–Kier alpha value is -1.80. The minimum Gasteiger partial charge on any atom is -0.493 e. The van der Waals surface area contributed by atoms with Gasteiger partial charge in [-0.2, -0.15) is 0 Å². The highest BCUT2D eigenvalue weighted by Gasteiger charge is 2.24. The van der Waals surface area contributed by atoms with Gasteiger partial charge in [-0.25, -0.2) is 0 Å². The summed E-state index contributed by atoms with van der Waals surface area (Å²) in [5.74, 6) is 1.79. The van der Waals surface area contributed by atoms with E-state index in [0.29, 0.717) is 6.04 Å². The van der Waals surface area contributed by atoms with Gasteiger partial charge in [0, 0.05) is 18.0 Å². The van der Waals surface area contributed by atoms with E-state index in [1.54, 1.807) is 0 Å². The molecule has 0 spiro atoms. The van der Waals surface area contributed by atoms with Gasteiger partial charge in [0.25, 0.3) is 0 Å². The van der Waals surface area contributed by atoms with Crippen LogP contribution in [-0.4, -0.2) is 13.2 Å². The molecule has 2 nitrogen and oxygen atoms in total. The van der Waals surface area contributed by atoms with Crippen LogP contribution in [0.1, 0.15) is 29.2 Å². The molecule has 1 N–H and O–H groups in total. The summed E-state index contributed by atoms with van der Waals surface area (Å²) in [4.78, 5) is 0. The fourth-order valence-electron chi connectivity index (χ4n) is 3.66. The predicted octanol–water partition coefficient (Wildman–Crippen LogP) is 3.51. The number of hydrogen-bond acceptors (Lipinski definition) is 2. The first-order valence-electron chi connectivity index (χ1n) is 7.92. The van der Waals surface area contributed by atoms with Gasteiger partial charge < -0.3 is 10.1 Å². The quantitative estimate of drug-likeness (QED) is 0.928. The van der Waals surface area contributed by atoms with E-state index in [9.17, 15) is 0 Å². The van der Waals surface area contributed by atoms with Crippen molar-refractivity contribution in [3.63, 3.8) is 0 Å². The Morgan fingerprint density at radius 1 is 0.952 bits per heavy atom. The van der Waals surface area contributed by atoms with Gasteiger partial charge in [0.2, 0.25) is 0 Å². The van der Waals surface area contributed by atoms with Gasteiger partial charge >= 0.3 is 0 Å². The molecule has 1 aliphatic carbocycles. The summed E-state index contributed by atoms with van der Waals surface area (Å²) in [6, 6.07) is 17.7. The maximum absolute atomic E-state index is 5.74. The number of hydrogen-bond donors (Lipinski definition) is 1. The van der Waals surface area contributed by atoms with Crippen molar-refractivity contribution < 1.29 is 4.74 Å². The molecule has 2 aliphatic rings. The van der Waals surface area contributed by atoms with Crippen LogP contribution in [0.3, 0.4) is 0 Å². The molecule has 2 aromatic rings. The molecule has 0 aromatic heterocycles. The molecule has 0 saturated heterocycles. The van der Waals surface area contributed by atoms with Crippen molar-refractivity contribution in [2.75, 3.05) is 13.2 Å². The molecule has 2 heteroatoms. The number of rotatable bonds is 3. The lowest BCUT2D eigenvalue weighted by atomic mass is 9.99. The van der Waals surface area contributed by atoms with Gasteiger partial charge in [0.15, 0.2) is 0 Å². The van der Waals surface area contributed by atoms with Crippen molar-refractivity contribution >= 4 is 0 Å². The first-order chi connectivity index (χ1) is 10.4. The largest absolute Gasteiger partial charge is 0.493 e. The van der Waals surface area contributed by atoms with E-state index in [-0.39, 0.29) is 0 Å². The summed E-state index contributed by atoms with van der Waals surface area (Å²) in [5, 5.41) is 3.77. The lowest BCUT2D eigenvalue weighted by molar-refractivity contribution is 0.248. The monoisotopic (exact) mass is 279 g/mol. The topological polar surface area (TPSA) is 21.3 Å². The van der Waals surface area contributed by atoms with E-state index in [4.69, 9.17) is 4.74 Å². The maximum atomic E-state index is 5.74. The van der Waals surface area contributed by atoms with Crippen molar-refractivity contribution in [2.45, 2.75) is 25.3 Å². The number of ether oxygens (including phenoxy) is 1. The predicted molar refractivity (Wildman–Crippen MR) is 84.6 cm³/mol. The van der Waals surface area contributed by atoms with E-state index < -0.39 is 0 Å². The second-order valence-corrected chi connectivity index (χ2v) is 6.18. The average Bonchev–Trinajstić information content (AvgIpc) is 2.96. The normalized spacial score (nSPS) is 20.7. The molecule has 21 heavy (non-hydrogen) atoms. The van der Waals surface area contributed by atoms with Gasteiger partial charge in [-0.3, -0.25) is 0 Å². The smallest absolute Gasteiger partial charge is 0.124 e. The van der Waals surface area contributed by atoms with Crippen LogP contribution in [0.5, 0.6) is 5.75 Å². The zero-order valence-corrected chi connectivity index (χ0v) is 12.2. The summed E-state index contributed by atoms with van der Waals surface area (Å²) in [6.07, 6.45) is 3.50. The van der Waals surface area contributed by atoms with Gasteiger partial charge in [0.05, 0.1) is 6.61 Å². The minimum absolute atomic E-state index is 0.443. The summed E-state index contributed by atoms with van der Waals surface area (Å²) < 4.78 is 5.74. The summed E-state index contributed by atoms with van der Waals surface area (Å²) in [6.45, 7) is 1.91. The highest BCUT2D eigenvalue weighted by molar-refractivity contribution is 5.37. The van der Waals surface area contributed by atoms with Crippen LogP contribution in [0.4, 0.5) is 0 Å². The Balaban J connectivity index is 1.41. The van der Waals surface area contributed by atoms with Crippen LogP contribution in [-0.2, 0) is 12.8 Å². The second-order valence-electron chi connectivity index (χ2n) is 6.18. The van der Waals surface area contributed by atoms with Gasteiger partial charge in [-0.15, -0.1) is 0 Å². The maximum Gasteiger partial charge on any atom is 0.124 e. The van der Waals surface area contributed by atoms with E-state index in [1.807, 2.05) is 0 Å². The van der Waals surface area contributed by atoms with E-state index in [0.717, 1.165) is 31.2 Å². The molecule has 2 aromatic carbocycles. The molecule has 4 rings (SSSR count). The zero-order valence-electron chi connectivity index (χ0n) is 12.2. The van der Waals surface area contributed by atoms with Crippen molar-refractivity contribution in [3.05, 3.63) is 65.2 Å². The molecule has 0 saturated carbocycles. The Morgan fingerprint density at radius 2 is 1.67 bits per heavy atom. The summed E-state index contributed by atoms with van der Waals surface area (Å²) in [5.41, 5.74) is 4.40. The molecular formula is C19H21NO. The molecule has 0 fully saturated rings. The molecular weight excluding hydrogens is 258 g/mol. The summed E-state index contributed by atoms with van der Waals surface area (Å²) >= 11 is 0. The van der Waals surface area contributed by atoms with Crippen molar-refractivity contribution in [1.82, 2.24) is 5.32 Å². The molecule has 0 unspecified atom stereocenters. The molecule has 1 atom stereocenters. The van der Waals surface area contributed by atoms with Gasteiger partial charge in [0.1, 0.15) is 5.75 Å². The Labute approximate surface area is 126 Å². The van der Waals surface area contributed by atoms with E-state index in [2.05, 4.69) is 53.8 Å². The van der Waals surface area contributed by atoms with Crippen LogP contribution in [0.2, 0.25) is 0 Å². The fraction of sp³-hybridized carbons (Fsp3) is 0.368. The molecule has 0 radical (unpaired) electrons. The van der Waals surface area contributed by atoms with Crippen LogP contribution >= 0.6 is 0 Å². The van der Waals surface area contributed by atoms with Crippen LogP contribution < -0.4 is 10.1 Å². The molecule has 1 heterocycles. The van der Waals surface area contributed by atoms with E-state index in [1.165, 1.54) is 29.5 Å². The minimum atomic E-state index is 0.443. The fourth-order valence-corrected chi connectivity index (χ4v) is 3.66. The third-order valence-corrected chi connectivity index (χ3v) is 4.75. The first-order valence-corrected chi connectivity index (χ1v) is 7.92. The molecule has 1 aliphatic heterocycles. The number of benzene rings is 2. The highest BCUT2D eigenvalue weighted by atomic mass is 16.5. The van der Waals surface area contributed by atoms with Crippen LogP contribution in [0.15, 0.2) is 48.5 Å². The van der Waals surface area contributed by atoms with Gasteiger partial charge in [-0.1, -0.05) is 42.5 Å². The Kier molecular flexibility index (Phi) is 3.40. The Morgan fingerprint density at radius 3 is 2.48 bits per heavy atom. The van der Waals surface area contributed by atoms with Crippen molar-refractivity contribution in [1.29, 1.82) is 0 Å². The Bertz CT molecular complexity index is 612. The number of para-hydroxylation sites is 1. The zero-order chi connectivity index (χ0) is 14.1. The highest BCUT2D eigenvalue weighted by Crippen LogP contribution is 2.32. The standard InChI is InChI=1S/C19H21NO/c1-2-6-16-12-14(11-15(16)5-1)13-20-18-9-10-21-19-8-4-3-7-17(18)19/h1-8,14,18,20H,9-13H2/t18-/m1/s1. The molecule has 0 amide bonds. The van der Waals surface area contributed by atoms with Crippen LogP contribution in [0, 0.1) is 5.92 Å². The van der Waals surface area contributed by atoms with Crippen molar-refractivity contribution in [3.8, 4) is 5.75 Å². The van der Waals surface area contributed by atoms with E-state index >= 15 is 0 Å². The molecule has 108 valence electrons. The lowest BCUT2D eigenvalue weighted by Crippen LogP contribution is -2.31.